The fraction of sp³-hybridized carbons (Fsp3) is 1.00. The summed E-state index contributed by atoms with van der Waals surface area (Å²) in [5.74, 6) is -1.63. The first kappa shape index (κ1) is 27.8. The van der Waals surface area contributed by atoms with Crippen LogP contribution < -0.4 is 0 Å². The van der Waals surface area contributed by atoms with Gasteiger partial charge in [-0.15, -0.1) is 0 Å². The molecule has 1 heterocycles. The summed E-state index contributed by atoms with van der Waals surface area (Å²) in [7, 11) is 0. The van der Waals surface area contributed by atoms with Crippen molar-refractivity contribution in [2.45, 2.75) is 134 Å². The zero-order valence-electron chi connectivity index (χ0n) is 19.3. The van der Waals surface area contributed by atoms with Crippen LogP contribution in [0.15, 0.2) is 0 Å². The molecule has 30 heavy (non-hydrogen) atoms. The number of unbranched alkanes of at least 4 members (excludes halogenated alkanes) is 15. The Balaban J connectivity index is 1.89. The molecule has 180 valence electrons. The third-order valence-corrected chi connectivity index (χ3v) is 6.23. The van der Waals surface area contributed by atoms with E-state index in [4.69, 9.17) is 9.47 Å². The highest BCUT2D eigenvalue weighted by atomic mass is 16.7. The second kappa shape index (κ2) is 17.3. The highest BCUT2D eigenvalue weighted by Gasteiger charge is 2.50. The summed E-state index contributed by atoms with van der Waals surface area (Å²) < 4.78 is 10.9. The zero-order chi connectivity index (χ0) is 22.1. The molecule has 0 aromatic heterocycles. The molecule has 0 spiro atoms. The molecule has 6 nitrogen and oxygen atoms in total. The summed E-state index contributed by atoms with van der Waals surface area (Å²) in [6.45, 7) is 1.88. The molecule has 0 saturated carbocycles. The number of rotatable bonds is 19. The fourth-order valence-corrected chi connectivity index (χ4v) is 4.09. The van der Waals surface area contributed by atoms with Gasteiger partial charge in [-0.1, -0.05) is 103 Å². The molecular formula is C24H48O6. The Morgan fingerprint density at radius 3 is 1.60 bits per heavy atom. The van der Waals surface area contributed by atoms with Gasteiger partial charge in [0, 0.05) is 0 Å². The van der Waals surface area contributed by atoms with E-state index in [1.165, 1.54) is 83.5 Å². The Kier molecular flexibility index (Phi) is 16.1. The van der Waals surface area contributed by atoms with E-state index >= 15 is 0 Å². The molecule has 1 fully saturated rings. The van der Waals surface area contributed by atoms with Crippen molar-refractivity contribution in [3.63, 3.8) is 0 Å². The molecule has 0 bridgehead atoms. The molecule has 1 aliphatic rings. The Labute approximate surface area is 184 Å². The van der Waals surface area contributed by atoms with Crippen LogP contribution in [0.3, 0.4) is 0 Å². The third-order valence-electron chi connectivity index (χ3n) is 6.23. The average Bonchev–Trinajstić information content (AvgIpc) is 2.76. The summed E-state index contributed by atoms with van der Waals surface area (Å²) in [4.78, 5) is 0. The normalized spacial score (nSPS) is 26.9. The number of aliphatic hydroxyl groups excluding tert-OH is 4. The summed E-state index contributed by atoms with van der Waals surface area (Å²) in [5.41, 5.74) is 0. The number of hydrogen-bond acceptors (Lipinski definition) is 6. The van der Waals surface area contributed by atoms with Gasteiger partial charge in [0.15, 0.2) is 0 Å². The Morgan fingerprint density at radius 2 is 1.17 bits per heavy atom. The first-order valence-electron chi connectivity index (χ1n) is 12.5. The lowest BCUT2D eigenvalue weighted by Gasteiger charge is -2.43. The predicted molar refractivity (Wildman–Crippen MR) is 119 cm³/mol. The summed E-state index contributed by atoms with van der Waals surface area (Å²) in [6, 6.07) is 0. The quantitative estimate of drug-likeness (QED) is 0.230. The van der Waals surface area contributed by atoms with E-state index < -0.39 is 30.7 Å². The lowest BCUT2D eigenvalue weighted by atomic mass is 9.97. The first-order valence-corrected chi connectivity index (χ1v) is 12.5. The van der Waals surface area contributed by atoms with Gasteiger partial charge in [0.25, 0.3) is 0 Å². The standard InChI is InChI=1S/C24H48O6/c1-2-3-4-5-6-7-8-9-10-11-12-13-14-15-16-17-18-29-24(20-25)23(28)22(27)21(26)19-30-24/h21-23,25-28H,2-20H2,1H3/t21-,22-,23+,24-/m1/s1. The van der Waals surface area contributed by atoms with Crippen LogP contribution in [0.4, 0.5) is 0 Å². The topological polar surface area (TPSA) is 99.4 Å². The van der Waals surface area contributed by atoms with E-state index in [-0.39, 0.29) is 6.61 Å². The van der Waals surface area contributed by atoms with Crippen LogP contribution in [-0.4, -0.2) is 64.3 Å². The van der Waals surface area contributed by atoms with Crippen molar-refractivity contribution in [3.05, 3.63) is 0 Å². The maximum absolute atomic E-state index is 10.1. The van der Waals surface area contributed by atoms with Crippen LogP contribution in [-0.2, 0) is 9.47 Å². The van der Waals surface area contributed by atoms with Crippen LogP contribution in [0.5, 0.6) is 0 Å². The molecule has 6 heteroatoms. The van der Waals surface area contributed by atoms with Crippen molar-refractivity contribution in [3.8, 4) is 0 Å². The molecule has 1 rings (SSSR count). The third kappa shape index (κ3) is 10.9. The van der Waals surface area contributed by atoms with Gasteiger partial charge >= 0.3 is 0 Å². The molecule has 0 amide bonds. The van der Waals surface area contributed by atoms with Gasteiger partial charge in [0.1, 0.15) is 24.9 Å². The maximum atomic E-state index is 10.1. The van der Waals surface area contributed by atoms with Gasteiger partial charge in [-0.3, -0.25) is 0 Å². The number of hydrogen-bond donors (Lipinski definition) is 4. The SMILES string of the molecule is CCCCCCCCCCCCCCCCCCO[C@]1(CO)OC[C@@H](O)[C@@H](O)[C@@H]1O. The minimum Gasteiger partial charge on any atom is -0.391 e. The van der Waals surface area contributed by atoms with Crippen molar-refractivity contribution in [2.24, 2.45) is 0 Å². The zero-order valence-corrected chi connectivity index (χ0v) is 19.3. The van der Waals surface area contributed by atoms with E-state index in [0.29, 0.717) is 6.61 Å². The lowest BCUT2D eigenvalue weighted by molar-refractivity contribution is -0.348. The molecule has 4 atom stereocenters. The summed E-state index contributed by atoms with van der Waals surface area (Å²) in [6.07, 6.45) is 16.7. The van der Waals surface area contributed by atoms with E-state index in [9.17, 15) is 20.4 Å². The van der Waals surface area contributed by atoms with Crippen LogP contribution in [0.25, 0.3) is 0 Å². The largest absolute Gasteiger partial charge is 0.391 e. The summed E-state index contributed by atoms with van der Waals surface area (Å²) in [5, 5.41) is 38.9. The molecule has 0 unspecified atom stereocenters. The van der Waals surface area contributed by atoms with Crippen LogP contribution in [0.2, 0.25) is 0 Å². The van der Waals surface area contributed by atoms with Crippen molar-refractivity contribution < 1.29 is 29.9 Å². The van der Waals surface area contributed by atoms with Crippen molar-refractivity contribution in [2.75, 3.05) is 19.8 Å². The molecule has 0 aromatic rings. The van der Waals surface area contributed by atoms with E-state index in [1.54, 1.807) is 0 Å². The van der Waals surface area contributed by atoms with Gasteiger partial charge in [-0.25, -0.2) is 0 Å². The Bertz CT molecular complexity index is 394. The lowest BCUT2D eigenvalue weighted by Crippen LogP contribution is -2.63. The van der Waals surface area contributed by atoms with Gasteiger partial charge in [0.05, 0.1) is 13.2 Å². The molecule has 1 saturated heterocycles. The van der Waals surface area contributed by atoms with Crippen LogP contribution in [0, 0.1) is 0 Å². The Morgan fingerprint density at radius 1 is 0.733 bits per heavy atom. The average molecular weight is 433 g/mol. The molecule has 0 aliphatic carbocycles. The number of ether oxygens (including phenoxy) is 2. The highest BCUT2D eigenvalue weighted by molar-refractivity contribution is 4.92. The molecule has 0 radical (unpaired) electrons. The van der Waals surface area contributed by atoms with Gasteiger partial charge in [0.2, 0.25) is 5.79 Å². The van der Waals surface area contributed by atoms with Crippen LogP contribution >= 0.6 is 0 Å². The van der Waals surface area contributed by atoms with E-state index in [2.05, 4.69) is 6.92 Å². The maximum Gasteiger partial charge on any atom is 0.221 e. The minimum absolute atomic E-state index is 0.169. The first-order chi connectivity index (χ1) is 14.6. The van der Waals surface area contributed by atoms with Crippen LogP contribution in [0.1, 0.15) is 110 Å². The fourth-order valence-electron chi connectivity index (χ4n) is 4.09. The Hall–Kier alpha value is -0.240. The van der Waals surface area contributed by atoms with Crippen molar-refractivity contribution in [1.82, 2.24) is 0 Å². The van der Waals surface area contributed by atoms with E-state index in [0.717, 1.165) is 19.3 Å². The van der Waals surface area contributed by atoms with Gasteiger partial charge < -0.3 is 29.9 Å². The smallest absolute Gasteiger partial charge is 0.221 e. The second-order valence-corrected chi connectivity index (χ2v) is 8.94. The number of aliphatic hydroxyl groups is 4. The highest BCUT2D eigenvalue weighted by Crippen LogP contribution is 2.27. The predicted octanol–water partition coefficient (Wildman–Crippen LogP) is 4.07. The van der Waals surface area contributed by atoms with Gasteiger partial charge in [-0.05, 0) is 6.42 Å². The second-order valence-electron chi connectivity index (χ2n) is 8.94. The molecule has 1 aliphatic heterocycles. The van der Waals surface area contributed by atoms with Gasteiger partial charge in [-0.2, -0.15) is 0 Å². The molecular weight excluding hydrogens is 384 g/mol. The summed E-state index contributed by atoms with van der Waals surface area (Å²) >= 11 is 0. The minimum atomic E-state index is -1.63. The van der Waals surface area contributed by atoms with Crippen molar-refractivity contribution in [1.29, 1.82) is 0 Å². The molecule has 0 aromatic carbocycles. The van der Waals surface area contributed by atoms with Crippen molar-refractivity contribution >= 4 is 0 Å². The monoisotopic (exact) mass is 432 g/mol. The molecule has 4 N–H and O–H groups in total. The van der Waals surface area contributed by atoms with E-state index in [1.807, 2.05) is 0 Å².